The minimum Gasteiger partial charge on any atom is -0.493 e. The Morgan fingerprint density at radius 1 is 1.40 bits per heavy atom. The highest BCUT2D eigenvalue weighted by Gasteiger charge is 2.17. The fourth-order valence-electron chi connectivity index (χ4n) is 1.32. The van der Waals surface area contributed by atoms with Gasteiger partial charge in [0.05, 0.1) is 19.8 Å². The highest BCUT2D eigenvalue weighted by atomic mass is 79.9. The van der Waals surface area contributed by atoms with Gasteiger partial charge in [-0.15, -0.1) is 0 Å². The molecule has 1 aromatic rings. The monoisotopic (exact) mass is 274 g/mol. The van der Waals surface area contributed by atoms with Gasteiger partial charge in [-0.25, -0.2) is 4.79 Å². The molecule has 0 amide bonds. The molecule has 0 fully saturated rings. The molecule has 0 saturated carbocycles. The lowest BCUT2D eigenvalue weighted by Crippen LogP contribution is -2.04. The lowest BCUT2D eigenvalue weighted by molar-refractivity contribution is 0.0695. The summed E-state index contributed by atoms with van der Waals surface area (Å²) in [4.78, 5) is 10.9. The number of halogens is 1. The van der Waals surface area contributed by atoms with Crippen LogP contribution in [0.25, 0.3) is 0 Å². The van der Waals surface area contributed by atoms with Crippen molar-refractivity contribution in [1.82, 2.24) is 0 Å². The van der Waals surface area contributed by atoms with Crippen LogP contribution in [0.2, 0.25) is 0 Å². The van der Waals surface area contributed by atoms with Gasteiger partial charge in [0.1, 0.15) is 0 Å². The number of hydrogen-bond acceptors (Lipinski definition) is 3. The normalized spacial score (nSPS) is 9.80. The average molecular weight is 275 g/mol. The number of alkyl halides is 1. The number of carbonyl (C=O) groups is 1. The molecular formula is C10H11BrO4. The van der Waals surface area contributed by atoms with Crippen LogP contribution in [0.15, 0.2) is 12.1 Å². The van der Waals surface area contributed by atoms with Gasteiger partial charge in [-0.3, -0.25) is 0 Å². The zero-order chi connectivity index (χ0) is 11.4. The zero-order valence-corrected chi connectivity index (χ0v) is 10.00. The van der Waals surface area contributed by atoms with Crippen molar-refractivity contribution in [2.45, 2.75) is 5.33 Å². The van der Waals surface area contributed by atoms with Gasteiger partial charge in [-0.05, 0) is 12.1 Å². The molecule has 0 atom stereocenters. The summed E-state index contributed by atoms with van der Waals surface area (Å²) < 4.78 is 10.2. The molecular weight excluding hydrogens is 264 g/mol. The second kappa shape index (κ2) is 5.02. The van der Waals surface area contributed by atoms with Gasteiger partial charge in [0, 0.05) is 10.9 Å². The second-order valence-corrected chi connectivity index (χ2v) is 3.33. The fraction of sp³-hybridized carbons (Fsp3) is 0.300. The van der Waals surface area contributed by atoms with Crippen molar-refractivity contribution in [3.8, 4) is 11.5 Å². The van der Waals surface area contributed by atoms with Crippen LogP contribution >= 0.6 is 15.9 Å². The second-order valence-electron chi connectivity index (χ2n) is 2.77. The minimum atomic E-state index is -0.981. The van der Waals surface area contributed by atoms with E-state index in [1.807, 2.05) is 0 Å². The van der Waals surface area contributed by atoms with Gasteiger partial charge in [0.2, 0.25) is 0 Å². The van der Waals surface area contributed by atoms with Crippen LogP contribution in [0.4, 0.5) is 0 Å². The van der Waals surface area contributed by atoms with Crippen molar-refractivity contribution in [3.63, 3.8) is 0 Å². The summed E-state index contributed by atoms with van der Waals surface area (Å²) >= 11 is 3.23. The topological polar surface area (TPSA) is 55.8 Å². The molecule has 0 aromatic heterocycles. The predicted molar refractivity (Wildman–Crippen MR) is 59.1 cm³/mol. The van der Waals surface area contributed by atoms with E-state index in [1.165, 1.54) is 20.3 Å². The Kier molecular flexibility index (Phi) is 3.96. The predicted octanol–water partition coefficient (Wildman–Crippen LogP) is 2.30. The van der Waals surface area contributed by atoms with Gasteiger partial charge >= 0.3 is 5.97 Å². The van der Waals surface area contributed by atoms with Gasteiger partial charge in [-0.1, -0.05) is 15.9 Å². The number of rotatable bonds is 4. The number of carboxylic acid groups (broad SMARTS) is 1. The molecule has 0 heterocycles. The van der Waals surface area contributed by atoms with E-state index in [9.17, 15) is 4.79 Å². The van der Waals surface area contributed by atoms with E-state index in [1.54, 1.807) is 6.07 Å². The minimum absolute atomic E-state index is 0.213. The molecule has 0 unspecified atom stereocenters. The molecule has 0 bridgehead atoms. The zero-order valence-electron chi connectivity index (χ0n) is 8.41. The van der Waals surface area contributed by atoms with E-state index >= 15 is 0 Å². The lowest BCUT2D eigenvalue weighted by Gasteiger charge is -2.13. The number of carboxylic acids is 1. The SMILES string of the molecule is COc1ccc(C(=O)O)c(CBr)c1OC. The average Bonchev–Trinajstić information content (AvgIpc) is 2.26. The Morgan fingerprint density at radius 2 is 2.07 bits per heavy atom. The van der Waals surface area contributed by atoms with E-state index in [0.717, 1.165) is 0 Å². The molecule has 4 nitrogen and oxygen atoms in total. The maximum absolute atomic E-state index is 10.9. The Bertz CT molecular complexity index is 376. The molecule has 15 heavy (non-hydrogen) atoms. The Labute approximate surface area is 95.9 Å². The third-order valence-corrected chi connectivity index (χ3v) is 2.57. The first-order valence-electron chi connectivity index (χ1n) is 4.18. The summed E-state index contributed by atoms with van der Waals surface area (Å²) in [5, 5.41) is 9.36. The van der Waals surface area contributed by atoms with Crippen LogP contribution < -0.4 is 9.47 Å². The Balaban J connectivity index is 3.40. The summed E-state index contributed by atoms with van der Waals surface area (Å²) in [7, 11) is 2.99. The summed E-state index contributed by atoms with van der Waals surface area (Å²) in [5.41, 5.74) is 0.786. The van der Waals surface area contributed by atoms with Crippen molar-refractivity contribution < 1.29 is 19.4 Å². The van der Waals surface area contributed by atoms with Crippen molar-refractivity contribution in [2.75, 3.05) is 14.2 Å². The number of hydrogen-bond donors (Lipinski definition) is 1. The third kappa shape index (κ3) is 2.23. The molecule has 0 aliphatic rings. The van der Waals surface area contributed by atoms with Crippen LogP contribution in [0.1, 0.15) is 15.9 Å². The molecule has 0 aliphatic heterocycles. The van der Waals surface area contributed by atoms with Crippen LogP contribution in [0.5, 0.6) is 11.5 Å². The lowest BCUT2D eigenvalue weighted by atomic mass is 10.1. The molecule has 0 aliphatic carbocycles. The number of methoxy groups -OCH3 is 2. The molecule has 1 N–H and O–H groups in total. The standard InChI is InChI=1S/C10H11BrO4/c1-14-8-4-3-6(10(12)13)7(5-11)9(8)15-2/h3-4H,5H2,1-2H3,(H,12,13). The largest absolute Gasteiger partial charge is 0.493 e. The van der Waals surface area contributed by atoms with Crippen molar-refractivity contribution in [1.29, 1.82) is 0 Å². The van der Waals surface area contributed by atoms with Gasteiger partial charge < -0.3 is 14.6 Å². The van der Waals surface area contributed by atoms with Gasteiger partial charge in [0.15, 0.2) is 11.5 Å². The molecule has 0 radical (unpaired) electrons. The molecule has 0 spiro atoms. The molecule has 0 saturated heterocycles. The van der Waals surface area contributed by atoms with Crippen LogP contribution in [-0.2, 0) is 5.33 Å². The van der Waals surface area contributed by atoms with Crippen molar-refractivity contribution in [2.24, 2.45) is 0 Å². The van der Waals surface area contributed by atoms with E-state index in [2.05, 4.69) is 15.9 Å². The first-order chi connectivity index (χ1) is 7.15. The molecule has 82 valence electrons. The smallest absolute Gasteiger partial charge is 0.336 e. The highest BCUT2D eigenvalue weighted by Crippen LogP contribution is 2.34. The maximum atomic E-state index is 10.9. The van der Waals surface area contributed by atoms with E-state index in [0.29, 0.717) is 22.4 Å². The van der Waals surface area contributed by atoms with E-state index < -0.39 is 5.97 Å². The highest BCUT2D eigenvalue weighted by molar-refractivity contribution is 9.08. The van der Waals surface area contributed by atoms with Crippen LogP contribution in [-0.4, -0.2) is 25.3 Å². The third-order valence-electron chi connectivity index (χ3n) is 2.01. The summed E-state index contributed by atoms with van der Waals surface area (Å²) in [6.45, 7) is 0. The summed E-state index contributed by atoms with van der Waals surface area (Å²) in [6, 6.07) is 3.08. The molecule has 1 rings (SSSR count). The molecule has 1 aromatic carbocycles. The number of ether oxygens (including phenoxy) is 2. The number of aromatic carboxylic acids is 1. The summed E-state index contributed by atoms with van der Waals surface area (Å²) in [5.74, 6) is -0.00312. The van der Waals surface area contributed by atoms with Crippen molar-refractivity contribution in [3.05, 3.63) is 23.3 Å². The summed E-state index contributed by atoms with van der Waals surface area (Å²) in [6.07, 6.45) is 0. The van der Waals surface area contributed by atoms with Gasteiger partial charge in [-0.2, -0.15) is 0 Å². The van der Waals surface area contributed by atoms with Crippen LogP contribution in [0, 0.1) is 0 Å². The first-order valence-corrected chi connectivity index (χ1v) is 5.31. The molecule has 5 heteroatoms. The maximum Gasteiger partial charge on any atom is 0.336 e. The van der Waals surface area contributed by atoms with Crippen LogP contribution in [0.3, 0.4) is 0 Å². The number of benzene rings is 1. The van der Waals surface area contributed by atoms with Gasteiger partial charge in [0.25, 0.3) is 0 Å². The van der Waals surface area contributed by atoms with Crippen molar-refractivity contribution >= 4 is 21.9 Å². The van der Waals surface area contributed by atoms with E-state index in [4.69, 9.17) is 14.6 Å². The van der Waals surface area contributed by atoms with E-state index in [-0.39, 0.29) is 5.56 Å². The quantitative estimate of drug-likeness (QED) is 0.856. The first kappa shape index (κ1) is 11.8. The Morgan fingerprint density at radius 3 is 2.47 bits per heavy atom. The Hall–Kier alpha value is -1.23. The fourth-order valence-corrected chi connectivity index (χ4v) is 1.88.